The van der Waals surface area contributed by atoms with Crippen molar-refractivity contribution in [3.63, 3.8) is 0 Å². The number of anilines is 1. The van der Waals surface area contributed by atoms with Crippen molar-refractivity contribution in [2.75, 3.05) is 57.4 Å². The molecular weight excluding hydrogens is 637 g/mol. The second-order valence-electron chi connectivity index (χ2n) is 12.5. The van der Waals surface area contributed by atoms with Crippen LogP contribution in [0.25, 0.3) is 32.6 Å². The lowest BCUT2D eigenvalue weighted by Crippen LogP contribution is -2.59. The number of rotatable bonds is 8. The number of amides is 1. The quantitative estimate of drug-likeness (QED) is 0.260. The molecule has 2 N–H and O–H groups in total. The van der Waals surface area contributed by atoms with Crippen LogP contribution >= 0.6 is 11.3 Å². The highest BCUT2D eigenvalue weighted by Crippen LogP contribution is 2.39. The molecule has 0 saturated carbocycles. The molecule has 4 aromatic heterocycles. The van der Waals surface area contributed by atoms with E-state index in [-0.39, 0.29) is 10.8 Å². The Kier molecular flexibility index (Phi) is 8.25. The summed E-state index contributed by atoms with van der Waals surface area (Å²) in [5, 5.41) is 0.657. The third kappa shape index (κ3) is 5.67. The van der Waals surface area contributed by atoms with E-state index in [1.165, 1.54) is 8.85 Å². The highest BCUT2D eigenvalue weighted by atomic mass is 32.2. The number of ether oxygens (including phenoxy) is 1. The number of piperazine rings is 1. The van der Waals surface area contributed by atoms with Crippen LogP contribution in [0.1, 0.15) is 24.3 Å². The van der Waals surface area contributed by atoms with Gasteiger partial charge in [-0.3, -0.25) is 19.6 Å². The highest BCUT2D eigenvalue weighted by Gasteiger charge is 2.35. The smallest absolute Gasteiger partial charge is 0.268 e. The first-order valence-corrected chi connectivity index (χ1v) is 18.0. The molecule has 12 nitrogen and oxygen atoms in total. The molecule has 47 heavy (non-hydrogen) atoms. The van der Waals surface area contributed by atoms with E-state index in [4.69, 9.17) is 20.4 Å². The van der Waals surface area contributed by atoms with Gasteiger partial charge in [-0.05, 0) is 50.6 Å². The predicted octanol–water partition coefficient (Wildman–Crippen LogP) is 3.47. The Balaban J connectivity index is 1.27. The molecule has 0 spiro atoms. The van der Waals surface area contributed by atoms with Crippen LogP contribution in [0.3, 0.4) is 0 Å². The van der Waals surface area contributed by atoms with Crippen LogP contribution in [-0.4, -0.2) is 101 Å². The molecule has 0 unspecified atom stereocenters. The summed E-state index contributed by atoms with van der Waals surface area (Å²) in [6.07, 6.45) is 3.18. The zero-order chi connectivity index (χ0) is 32.9. The Morgan fingerprint density at radius 3 is 2.43 bits per heavy atom. The van der Waals surface area contributed by atoms with Crippen LogP contribution in [0.5, 0.6) is 0 Å². The maximum absolute atomic E-state index is 13.6. The lowest BCUT2D eigenvalue weighted by molar-refractivity contribution is -0.129. The molecule has 246 valence electrons. The fourth-order valence-corrected chi connectivity index (χ4v) is 9.00. The van der Waals surface area contributed by atoms with Crippen molar-refractivity contribution >= 4 is 54.2 Å². The summed E-state index contributed by atoms with van der Waals surface area (Å²) in [6.45, 7) is 12.5. The van der Waals surface area contributed by atoms with Crippen molar-refractivity contribution < 1.29 is 17.9 Å². The Morgan fingerprint density at radius 2 is 1.72 bits per heavy atom. The number of carbonyl (C=O) groups is 1. The van der Waals surface area contributed by atoms with Gasteiger partial charge in [-0.2, -0.15) is 0 Å². The van der Waals surface area contributed by atoms with Gasteiger partial charge in [-0.25, -0.2) is 22.4 Å². The van der Waals surface area contributed by atoms with Gasteiger partial charge in [0.25, 0.3) is 10.0 Å². The number of primary amides is 1. The summed E-state index contributed by atoms with van der Waals surface area (Å²) < 4.78 is 35.1. The number of nitrogens with zero attached hydrogens (tertiary/aromatic N) is 7. The summed E-state index contributed by atoms with van der Waals surface area (Å²) in [4.78, 5) is 35.2. The summed E-state index contributed by atoms with van der Waals surface area (Å²) in [5.74, 6) is 0.987. The number of hydrogen-bond donors (Lipinski definition) is 1. The van der Waals surface area contributed by atoms with Crippen molar-refractivity contribution in [1.29, 1.82) is 0 Å². The van der Waals surface area contributed by atoms with Gasteiger partial charge in [0, 0.05) is 68.5 Å². The summed E-state index contributed by atoms with van der Waals surface area (Å²) in [5.41, 5.74) is 8.01. The van der Waals surface area contributed by atoms with Gasteiger partial charge in [0.1, 0.15) is 5.69 Å². The topological polar surface area (TPSA) is 140 Å². The minimum atomic E-state index is -3.82. The Morgan fingerprint density at radius 1 is 1.00 bits per heavy atom. The van der Waals surface area contributed by atoms with Crippen molar-refractivity contribution in [2.45, 2.75) is 37.8 Å². The van der Waals surface area contributed by atoms with Gasteiger partial charge in [-0.1, -0.05) is 18.2 Å². The third-order valence-electron chi connectivity index (χ3n) is 9.38. The van der Waals surface area contributed by atoms with Gasteiger partial charge < -0.3 is 15.4 Å². The number of thiophene rings is 1. The van der Waals surface area contributed by atoms with Gasteiger partial charge in [0.05, 0.1) is 39.4 Å². The predicted molar refractivity (Wildman–Crippen MR) is 183 cm³/mol. The molecule has 2 fully saturated rings. The van der Waals surface area contributed by atoms with E-state index in [0.29, 0.717) is 48.7 Å². The molecule has 2 aliphatic heterocycles. The van der Waals surface area contributed by atoms with Crippen LogP contribution in [0.4, 0.5) is 5.82 Å². The molecule has 5 aromatic rings. The minimum Gasteiger partial charge on any atom is -0.378 e. The zero-order valence-corrected chi connectivity index (χ0v) is 28.4. The van der Waals surface area contributed by atoms with E-state index in [2.05, 4.69) is 26.6 Å². The summed E-state index contributed by atoms with van der Waals surface area (Å²) in [7, 11) is -3.82. The fraction of sp³-hybridized carbons (Fsp3) is 0.394. The SMILES string of the molecule is Cc1c(CN2CCN(C(C)(C)C(N)=O)CC2)sc2c(N3CCOCC3)nc(-c3nccc4c3ccn4S(=O)(=O)c3ccccc3)nc12. The molecule has 0 radical (unpaired) electrons. The molecule has 1 aromatic carbocycles. The standard InChI is InChI=1S/C33H38N8O4S2/c1-22-26(21-38-13-15-40(16-14-38)33(2,3)32(34)42)46-29-27(22)36-30(37-31(29)39-17-19-45-20-18-39)28-24-10-12-41(25(24)9-11-35-28)47(43,44)23-7-5-4-6-8-23/h4-12H,13-21H2,1-3H3,(H2,34,42). The second kappa shape index (κ2) is 12.3. The number of carbonyl (C=O) groups excluding carboxylic acids is 1. The first-order chi connectivity index (χ1) is 22.6. The summed E-state index contributed by atoms with van der Waals surface area (Å²) in [6, 6.07) is 11.9. The lowest BCUT2D eigenvalue weighted by Gasteiger charge is -2.42. The number of benzene rings is 1. The molecule has 2 saturated heterocycles. The Hall–Kier alpha value is -3.95. The molecule has 2 aliphatic rings. The average molecular weight is 675 g/mol. The molecule has 7 rings (SSSR count). The minimum absolute atomic E-state index is 0.211. The number of pyridine rings is 1. The largest absolute Gasteiger partial charge is 0.378 e. The average Bonchev–Trinajstić information content (AvgIpc) is 3.67. The molecule has 0 aliphatic carbocycles. The number of fused-ring (bicyclic) bond motifs is 2. The number of hydrogen-bond acceptors (Lipinski definition) is 11. The first-order valence-electron chi connectivity index (χ1n) is 15.7. The molecule has 0 atom stereocenters. The van der Waals surface area contributed by atoms with Crippen LogP contribution in [0, 0.1) is 6.92 Å². The van der Waals surface area contributed by atoms with E-state index in [1.807, 2.05) is 13.8 Å². The van der Waals surface area contributed by atoms with E-state index >= 15 is 0 Å². The maximum Gasteiger partial charge on any atom is 0.268 e. The van der Waals surface area contributed by atoms with Gasteiger partial charge in [-0.15, -0.1) is 11.3 Å². The van der Waals surface area contributed by atoms with Gasteiger partial charge >= 0.3 is 0 Å². The Labute approximate surface area is 277 Å². The molecule has 0 bridgehead atoms. The van der Waals surface area contributed by atoms with Crippen molar-refractivity contribution in [3.05, 3.63) is 65.3 Å². The highest BCUT2D eigenvalue weighted by molar-refractivity contribution is 7.90. The van der Waals surface area contributed by atoms with Crippen LogP contribution in [0.15, 0.2) is 59.8 Å². The van der Waals surface area contributed by atoms with E-state index < -0.39 is 15.6 Å². The van der Waals surface area contributed by atoms with E-state index in [1.54, 1.807) is 66.2 Å². The van der Waals surface area contributed by atoms with Crippen LogP contribution < -0.4 is 10.6 Å². The number of morpholine rings is 1. The number of aryl methyl sites for hydroxylation is 1. The van der Waals surface area contributed by atoms with Crippen molar-refractivity contribution in [1.82, 2.24) is 28.7 Å². The maximum atomic E-state index is 13.6. The van der Waals surface area contributed by atoms with Crippen molar-refractivity contribution in [3.8, 4) is 11.5 Å². The molecular formula is C33H38N8O4S2. The zero-order valence-electron chi connectivity index (χ0n) is 26.7. The van der Waals surface area contributed by atoms with Crippen LogP contribution in [-0.2, 0) is 26.1 Å². The monoisotopic (exact) mass is 674 g/mol. The second-order valence-corrected chi connectivity index (χ2v) is 15.4. The van der Waals surface area contributed by atoms with E-state index in [9.17, 15) is 13.2 Å². The summed E-state index contributed by atoms with van der Waals surface area (Å²) >= 11 is 1.72. The Bertz CT molecular complexity index is 2060. The number of aromatic nitrogens is 4. The molecule has 1 amide bonds. The number of nitrogens with two attached hydrogens (primary N) is 1. The van der Waals surface area contributed by atoms with Gasteiger partial charge in [0.2, 0.25) is 5.91 Å². The molecule has 14 heteroatoms. The van der Waals surface area contributed by atoms with E-state index in [0.717, 1.165) is 54.3 Å². The van der Waals surface area contributed by atoms with Crippen LogP contribution in [0.2, 0.25) is 0 Å². The van der Waals surface area contributed by atoms with Crippen molar-refractivity contribution in [2.24, 2.45) is 5.73 Å². The van der Waals surface area contributed by atoms with Gasteiger partial charge in [0.15, 0.2) is 11.6 Å². The lowest BCUT2D eigenvalue weighted by atomic mass is 10.0. The first kappa shape index (κ1) is 31.6. The fourth-order valence-electron chi connectivity index (χ4n) is 6.32. The molecule has 6 heterocycles. The third-order valence-corrected chi connectivity index (χ3v) is 12.3. The normalized spacial score (nSPS) is 17.1.